The minimum atomic E-state index is -0.619. The first-order valence-corrected chi connectivity index (χ1v) is 12.2. The summed E-state index contributed by atoms with van der Waals surface area (Å²) in [5, 5.41) is 10.6. The SMILES string of the molecule is Cc1ccc2[nH]cc(CCN(C)CCCC3(c4ccc(F)cc4)OCc4cc(C#N)ccc43)c2c1. The highest BCUT2D eigenvalue weighted by Gasteiger charge is 2.41. The minimum absolute atomic E-state index is 0.255. The van der Waals surface area contributed by atoms with E-state index in [1.807, 2.05) is 30.3 Å². The molecule has 0 spiro atoms. The summed E-state index contributed by atoms with van der Waals surface area (Å²) in [7, 11) is 2.16. The molecule has 0 saturated carbocycles. The number of nitriles is 1. The Labute approximate surface area is 206 Å². The van der Waals surface area contributed by atoms with Crippen LogP contribution < -0.4 is 0 Å². The highest BCUT2D eigenvalue weighted by Crippen LogP contribution is 2.45. The Morgan fingerprint density at radius 3 is 2.71 bits per heavy atom. The summed E-state index contributed by atoms with van der Waals surface area (Å²) in [6.45, 7) is 4.48. The third kappa shape index (κ3) is 4.60. The second-order valence-electron chi connectivity index (χ2n) is 9.63. The van der Waals surface area contributed by atoms with Crippen LogP contribution in [0, 0.1) is 24.1 Å². The fraction of sp³-hybridized carbons (Fsp3) is 0.300. The topological polar surface area (TPSA) is 52.0 Å². The first kappa shape index (κ1) is 23.3. The number of aromatic nitrogens is 1. The van der Waals surface area contributed by atoms with Crippen LogP contribution in [0.5, 0.6) is 0 Å². The van der Waals surface area contributed by atoms with E-state index >= 15 is 0 Å². The first-order valence-electron chi connectivity index (χ1n) is 12.2. The van der Waals surface area contributed by atoms with Crippen molar-refractivity contribution in [3.63, 3.8) is 0 Å². The summed E-state index contributed by atoms with van der Waals surface area (Å²) in [5.74, 6) is -0.255. The molecule has 4 aromatic rings. The van der Waals surface area contributed by atoms with Gasteiger partial charge >= 0.3 is 0 Å². The number of H-pyrrole nitrogens is 1. The lowest BCUT2D eigenvalue weighted by Gasteiger charge is -2.31. The molecule has 3 aromatic carbocycles. The first-order chi connectivity index (χ1) is 17.0. The van der Waals surface area contributed by atoms with Crippen molar-refractivity contribution in [1.29, 1.82) is 5.26 Å². The Hall–Kier alpha value is -3.46. The van der Waals surface area contributed by atoms with Gasteiger partial charge in [-0.05, 0) is 98.4 Å². The van der Waals surface area contributed by atoms with Gasteiger partial charge in [-0.25, -0.2) is 4.39 Å². The summed E-state index contributed by atoms with van der Waals surface area (Å²) in [6.07, 6.45) is 4.83. The summed E-state index contributed by atoms with van der Waals surface area (Å²) < 4.78 is 20.1. The van der Waals surface area contributed by atoms with Gasteiger partial charge in [-0.1, -0.05) is 29.8 Å². The smallest absolute Gasteiger partial charge is 0.123 e. The fourth-order valence-electron chi connectivity index (χ4n) is 5.28. The third-order valence-corrected chi connectivity index (χ3v) is 7.21. The van der Waals surface area contributed by atoms with Gasteiger partial charge in [-0.2, -0.15) is 5.26 Å². The summed E-state index contributed by atoms with van der Waals surface area (Å²) in [5.41, 5.74) is 6.90. The van der Waals surface area contributed by atoms with Gasteiger partial charge in [0, 0.05) is 23.6 Å². The zero-order chi connectivity index (χ0) is 24.4. The highest BCUT2D eigenvalue weighted by atomic mass is 19.1. The number of ether oxygens (including phenoxy) is 1. The van der Waals surface area contributed by atoms with Gasteiger partial charge in [0.1, 0.15) is 11.4 Å². The number of hydrogen-bond acceptors (Lipinski definition) is 3. The van der Waals surface area contributed by atoms with Crippen LogP contribution in [0.3, 0.4) is 0 Å². The molecule has 1 aromatic heterocycles. The van der Waals surface area contributed by atoms with Crippen molar-refractivity contribution in [3.8, 4) is 6.07 Å². The molecule has 0 bridgehead atoms. The average molecular weight is 468 g/mol. The van der Waals surface area contributed by atoms with Crippen molar-refractivity contribution in [1.82, 2.24) is 9.88 Å². The van der Waals surface area contributed by atoms with Gasteiger partial charge in [0.05, 0.1) is 18.2 Å². The van der Waals surface area contributed by atoms with Crippen LogP contribution in [0.25, 0.3) is 10.9 Å². The van der Waals surface area contributed by atoms with Crippen LogP contribution >= 0.6 is 0 Å². The molecule has 1 aliphatic rings. The van der Waals surface area contributed by atoms with Crippen LogP contribution in [-0.4, -0.2) is 30.0 Å². The van der Waals surface area contributed by atoms with E-state index in [2.05, 4.69) is 54.3 Å². The number of hydrogen-bond donors (Lipinski definition) is 1. The Morgan fingerprint density at radius 2 is 1.91 bits per heavy atom. The van der Waals surface area contributed by atoms with E-state index in [0.29, 0.717) is 12.2 Å². The number of nitrogens with one attached hydrogen (secondary N) is 1. The molecule has 0 aliphatic carbocycles. The normalized spacial score (nSPS) is 17.1. The lowest BCUT2D eigenvalue weighted by molar-refractivity contribution is -0.0142. The molecule has 1 atom stereocenters. The van der Waals surface area contributed by atoms with E-state index < -0.39 is 5.60 Å². The lowest BCUT2D eigenvalue weighted by Crippen LogP contribution is -2.30. The zero-order valence-corrected chi connectivity index (χ0v) is 20.3. The zero-order valence-electron chi connectivity index (χ0n) is 20.3. The predicted molar refractivity (Wildman–Crippen MR) is 137 cm³/mol. The molecule has 0 fully saturated rings. The monoisotopic (exact) mass is 467 g/mol. The van der Waals surface area contributed by atoms with Gasteiger partial charge in [-0.15, -0.1) is 0 Å². The van der Waals surface area contributed by atoms with E-state index in [1.165, 1.54) is 34.2 Å². The average Bonchev–Trinajstić information content (AvgIpc) is 3.44. The number of benzene rings is 3. The number of fused-ring (bicyclic) bond motifs is 2. The Bertz CT molecular complexity index is 1390. The summed E-state index contributed by atoms with van der Waals surface area (Å²) >= 11 is 0. The molecule has 5 rings (SSSR count). The Balaban J connectivity index is 1.28. The molecule has 2 heterocycles. The van der Waals surface area contributed by atoms with Crippen molar-refractivity contribution in [2.24, 2.45) is 0 Å². The molecule has 5 heteroatoms. The second kappa shape index (κ2) is 9.65. The predicted octanol–water partition coefficient (Wildman–Crippen LogP) is 6.22. The Morgan fingerprint density at radius 1 is 1.09 bits per heavy atom. The molecule has 1 N–H and O–H groups in total. The standard InChI is InChI=1S/C30H30FN3O/c1-21-4-11-29-27(16-21)23(19-33-29)12-15-34(2)14-3-13-30(25-6-8-26(31)9-7-25)28-10-5-22(18-32)17-24(28)20-35-30/h4-11,16-17,19,33H,3,12-15,20H2,1-2H3. The number of likely N-dealkylation sites (N-methyl/N-ethyl adjacent to an activating group) is 1. The molecule has 1 aliphatic heterocycles. The molecular formula is C30H30FN3O. The number of rotatable bonds is 8. The van der Waals surface area contributed by atoms with Gasteiger partial charge in [0.2, 0.25) is 0 Å². The second-order valence-corrected chi connectivity index (χ2v) is 9.63. The molecule has 35 heavy (non-hydrogen) atoms. The maximum atomic E-state index is 13.7. The van der Waals surface area contributed by atoms with Crippen LogP contribution in [-0.2, 0) is 23.4 Å². The molecule has 4 nitrogen and oxygen atoms in total. The van der Waals surface area contributed by atoms with Gasteiger partial charge < -0.3 is 14.6 Å². The number of aromatic amines is 1. The number of nitrogens with zero attached hydrogens (tertiary/aromatic N) is 2. The van der Waals surface area contributed by atoms with Crippen LogP contribution in [0.15, 0.2) is 66.9 Å². The molecule has 0 saturated heterocycles. The van der Waals surface area contributed by atoms with Crippen LogP contribution in [0.1, 0.15) is 46.2 Å². The maximum absolute atomic E-state index is 13.7. The van der Waals surface area contributed by atoms with E-state index in [1.54, 1.807) is 0 Å². The molecule has 1 unspecified atom stereocenters. The van der Waals surface area contributed by atoms with E-state index in [0.717, 1.165) is 49.0 Å². The van der Waals surface area contributed by atoms with Crippen molar-refractivity contribution in [2.45, 2.75) is 38.4 Å². The number of aryl methyl sites for hydroxylation is 1. The number of halogens is 1. The van der Waals surface area contributed by atoms with Gasteiger partial charge in [0.15, 0.2) is 0 Å². The molecular weight excluding hydrogens is 437 g/mol. The van der Waals surface area contributed by atoms with E-state index in [9.17, 15) is 9.65 Å². The highest BCUT2D eigenvalue weighted by molar-refractivity contribution is 5.83. The van der Waals surface area contributed by atoms with Crippen LogP contribution in [0.2, 0.25) is 0 Å². The van der Waals surface area contributed by atoms with Crippen molar-refractivity contribution in [2.75, 3.05) is 20.1 Å². The molecule has 0 amide bonds. The van der Waals surface area contributed by atoms with Gasteiger partial charge in [0.25, 0.3) is 0 Å². The van der Waals surface area contributed by atoms with Crippen molar-refractivity contribution < 1.29 is 9.13 Å². The lowest BCUT2D eigenvalue weighted by atomic mass is 9.81. The van der Waals surface area contributed by atoms with Gasteiger partial charge in [-0.3, -0.25) is 0 Å². The summed E-state index contributed by atoms with van der Waals surface area (Å²) in [4.78, 5) is 5.74. The molecule has 0 radical (unpaired) electrons. The largest absolute Gasteiger partial charge is 0.361 e. The third-order valence-electron chi connectivity index (χ3n) is 7.21. The van der Waals surface area contributed by atoms with E-state index in [-0.39, 0.29) is 5.82 Å². The Kier molecular flexibility index (Phi) is 6.42. The van der Waals surface area contributed by atoms with E-state index in [4.69, 9.17) is 4.74 Å². The van der Waals surface area contributed by atoms with Crippen LogP contribution in [0.4, 0.5) is 4.39 Å². The fourth-order valence-corrected chi connectivity index (χ4v) is 5.28. The van der Waals surface area contributed by atoms with Crippen molar-refractivity contribution >= 4 is 10.9 Å². The maximum Gasteiger partial charge on any atom is 0.123 e. The van der Waals surface area contributed by atoms with Crippen molar-refractivity contribution in [3.05, 3.63) is 106 Å². The quantitative estimate of drug-likeness (QED) is 0.335. The minimum Gasteiger partial charge on any atom is -0.361 e. The molecule has 178 valence electrons. The summed E-state index contributed by atoms with van der Waals surface area (Å²) in [6, 6.07) is 21.2.